The fourth-order valence-electron chi connectivity index (χ4n) is 3.13. The van der Waals surface area contributed by atoms with E-state index in [4.69, 9.17) is 11.6 Å². The van der Waals surface area contributed by atoms with Gasteiger partial charge in [-0.2, -0.15) is 0 Å². The van der Waals surface area contributed by atoms with Gasteiger partial charge in [-0.3, -0.25) is 4.99 Å². The number of rotatable bonds is 4. The lowest BCUT2D eigenvalue weighted by Gasteiger charge is -2.35. The first-order valence-corrected chi connectivity index (χ1v) is 9.14. The van der Waals surface area contributed by atoms with E-state index < -0.39 is 0 Å². The summed E-state index contributed by atoms with van der Waals surface area (Å²) in [5.41, 5.74) is 2.38. The molecule has 2 N–H and O–H groups in total. The number of nitrogens with one attached hydrogen (secondary N) is 2. The SMILES string of the molecule is CN=C(NCc1c(Cl)cccc1N1CCN(C)CC1)NC1CC1C. The molecule has 1 saturated carbocycles. The fraction of sp³-hybridized carbons (Fsp3) is 0.611. The molecule has 132 valence electrons. The molecule has 1 saturated heterocycles. The molecule has 2 aliphatic rings. The van der Waals surface area contributed by atoms with Crippen LogP contribution in [-0.2, 0) is 6.54 Å². The van der Waals surface area contributed by atoms with Gasteiger partial charge >= 0.3 is 0 Å². The molecule has 0 amide bonds. The first kappa shape index (κ1) is 17.4. The summed E-state index contributed by atoms with van der Waals surface area (Å²) >= 11 is 6.51. The maximum atomic E-state index is 6.51. The minimum Gasteiger partial charge on any atom is -0.369 e. The van der Waals surface area contributed by atoms with Crippen LogP contribution in [0.2, 0.25) is 5.02 Å². The molecular weight excluding hydrogens is 322 g/mol. The summed E-state index contributed by atoms with van der Waals surface area (Å²) in [5.74, 6) is 1.60. The second-order valence-corrected chi connectivity index (χ2v) is 7.32. The summed E-state index contributed by atoms with van der Waals surface area (Å²) in [7, 11) is 3.99. The fourth-order valence-corrected chi connectivity index (χ4v) is 3.37. The van der Waals surface area contributed by atoms with Crippen LogP contribution in [-0.4, -0.2) is 57.2 Å². The zero-order valence-electron chi connectivity index (χ0n) is 14.8. The Balaban J connectivity index is 1.68. The Morgan fingerprint density at radius 2 is 2.00 bits per heavy atom. The monoisotopic (exact) mass is 349 g/mol. The number of likely N-dealkylation sites (N-methyl/N-ethyl adjacent to an activating group) is 1. The molecule has 2 unspecified atom stereocenters. The molecule has 1 aliphatic carbocycles. The molecule has 6 heteroatoms. The second-order valence-electron chi connectivity index (χ2n) is 6.92. The van der Waals surface area contributed by atoms with Crippen LogP contribution in [0, 0.1) is 5.92 Å². The van der Waals surface area contributed by atoms with Gasteiger partial charge in [0.2, 0.25) is 0 Å². The molecule has 1 aromatic carbocycles. The van der Waals surface area contributed by atoms with E-state index in [-0.39, 0.29) is 0 Å². The molecule has 3 rings (SSSR count). The molecule has 0 aromatic heterocycles. The third-order valence-corrected chi connectivity index (χ3v) is 5.38. The van der Waals surface area contributed by atoms with E-state index in [9.17, 15) is 0 Å². The largest absolute Gasteiger partial charge is 0.369 e. The third kappa shape index (κ3) is 4.14. The van der Waals surface area contributed by atoms with Gasteiger partial charge in [0.25, 0.3) is 0 Å². The zero-order chi connectivity index (χ0) is 17.1. The van der Waals surface area contributed by atoms with Gasteiger partial charge < -0.3 is 20.4 Å². The summed E-state index contributed by atoms with van der Waals surface area (Å²) < 4.78 is 0. The van der Waals surface area contributed by atoms with Crippen molar-refractivity contribution < 1.29 is 0 Å². The van der Waals surface area contributed by atoms with Crippen LogP contribution in [0.25, 0.3) is 0 Å². The average Bonchev–Trinajstić information content (AvgIpc) is 3.28. The van der Waals surface area contributed by atoms with Crippen molar-refractivity contribution >= 4 is 23.2 Å². The van der Waals surface area contributed by atoms with Gasteiger partial charge in [-0.05, 0) is 31.5 Å². The van der Waals surface area contributed by atoms with Crippen LogP contribution in [0.3, 0.4) is 0 Å². The van der Waals surface area contributed by atoms with Crippen LogP contribution in [0.1, 0.15) is 18.9 Å². The average molecular weight is 350 g/mol. The van der Waals surface area contributed by atoms with Gasteiger partial charge in [0, 0.05) is 62.1 Å². The Morgan fingerprint density at radius 3 is 2.62 bits per heavy atom. The van der Waals surface area contributed by atoms with Crippen LogP contribution < -0.4 is 15.5 Å². The Bertz CT molecular complexity index is 595. The Morgan fingerprint density at radius 1 is 1.29 bits per heavy atom. The van der Waals surface area contributed by atoms with E-state index in [0.717, 1.165) is 48.6 Å². The number of hydrogen-bond donors (Lipinski definition) is 2. The van der Waals surface area contributed by atoms with Crippen molar-refractivity contribution in [2.75, 3.05) is 45.2 Å². The molecular formula is C18H28ClN5. The number of nitrogens with zero attached hydrogens (tertiary/aromatic N) is 3. The highest BCUT2D eigenvalue weighted by atomic mass is 35.5. The molecule has 1 aliphatic heterocycles. The Kier molecular flexibility index (Phi) is 5.51. The lowest BCUT2D eigenvalue weighted by Crippen LogP contribution is -2.45. The molecule has 2 atom stereocenters. The first-order valence-electron chi connectivity index (χ1n) is 8.76. The van der Waals surface area contributed by atoms with Crippen molar-refractivity contribution in [1.82, 2.24) is 15.5 Å². The number of aliphatic imine (C=N–C) groups is 1. The van der Waals surface area contributed by atoms with E-state index in [2.05, 4.69) is 45.5 Å². The molecule has 5 nitrogen and oxygen atoms in total. The number of anilines is 1. The van der Waals surface area contributed by atoms with Crippen LogP contribution in [0.15, 0.2) is 23.2 Å². The number of guanidine groups is 1. The zero-order valence-corrected chi connectivity index (χ0v) is 15.6. The van der Waals surface area contributed by atoms with Crippen LogP contribution in [0.5, 0.6) is 0 Å². The normalized spacial score (nSPS) is 24.8. The van der Waals surface area contributed by atoms with Gasteiger partial charge in [-0.1, -0.05) is 24.6 Å². The van der Waals surface area contributed by atoms with Crippen molar-refractivity contribution in [3.63, 3.8) is 0 Å². The highest BCUT2D eigenvalue weighted by molar-refractivity contribution is 6.31. The van der Waals surface area contributed by atoms with E-state index in [0.29, 0.717) is 12.6 Å². The van der Waals surface area contributed by atoms with Crippen molar-refractivity contribution in [2.45, 2.75) is 25.9 Å². The maximum absolute atomic E-state index is 6.51. The number of benzene rings is 1. The molecule has 24 heavy (non-hydrogen) atoms. The topological polar surface area (TPSA) is 42.9 Å². The van der Waals surface area contributed by atoms with E-state index in [1.54, 1.807) is 0 Å². The molecule has 1 heterocycles. The summed E-state index contributed by atoms with van der Waals surface area (Å²) in [5, 5.41) is 7.70. The van der Waals surface area contributed by atoms with Crippen molar-refractivity contribution in [3.05, 3.63) is 28.8 Å². The number of piperazine rings is 1. The minimum atomic E-state index is 0.555. The number of halogens is 1. The third-order valence-electron chi connectivity index (χ3n) is 5.03. The maximum Gasteiger partial charge on any atom is 0.191 e. The van der Waals surface area contributed by atoms with Crippen LogP contribution in [0.4, 0.5) is 5.69 Å². The standard InChI is InChI=1S/C18H28ClN5/c1-13-11-16(13)22-18(20-2)21-12-14-15(19)5-4-6-17(14)24-9-7-23(3)8-10-24/h4-6,13,16H,7-12H2,1-3H3,(H2,20,21,22). The predicted octanol–water partition coefficient (Wildman–Crippen LogP) is 2.17. The summed E-state index contributed by atoms with van der Waals surface area (Å²) in [6.07, 6.45) is 1.22. The van der Waals surface area contributed by atoms with Crippen molar-refractivity contribution in [2.24, 2.45) is 10.9 Å². The van der Waals surface area contributed by atoms with E-state index in [1.165, 1.54) is 12.1 Å². The van der Waals surface area contributed by atoms with Gasteiger partial charge in [0.1, 0.15) is 0 Å². The highest BCUT2D eigenvalue weighted by Crippen LogP contribution is 2.30. The first-order chi connectivity index (χ1) is 11.6. The molecule has 0 spiro atoms. The summed E-state index contributed by atoms with van der Waals surface area (Å²) in [6, 6.07) is 6.74. The summed E-state index contributed by atoms with van der Waals surface area (Å²) in [4.78, 5) is 9.13. The molecule has 0 bridgehead atoms. The van der Waals surface area contributed by atoms with Gasteiger partial charge in [-0.15, -0.1) is 0 Å². The van der Waals surface area contributed by atoms with Crippen LogP contribution >= 0.6 is 11.6 Å². The van der Waals surface area contributed by atoms with Gasteiger partial charge in [-0.25, -0.2) is 0 Å². The smallest absolute Gasteiger partial charge is 0.191 e. The molecule has 0 radical (unpaired) electrons. The number of hydrogen-bond acceptors (Lipinski definition) is 3. The van der Waals surface area contributed by atoms with Crippen molar-refractivity contribution in [1.29, 1.82) is 0 Å². The quantitative estimate of drug-likeness (QED) is 0.646. The minimum absolute atomic E-state index is 0.555. The Labute approximate surface area is 150 Å². The lowest BCUT2D eigenvalue weighted by atomic mass is 10.1. The second kappa shape index (κ2) is 7.62. The Hall–Kier alpha value is -1.46. The predicted molar refractivity (Wildman–Crippen MR) is 102 cm³/mol. The molecule has 2 fully saturated rings. The van der Waals surface area contributed by atoms with Crippen molar-refractivity contribution in [3.8, 4) is 0 Å². The summed E-state index contributed by atoms with van der Waals surface area (Å²) in [6.45, 7) is 7.18. The van der Waals surface area contributed by atoms with E-state index >= 15 is 0 Å². The van der Waals surface area contributed by atoms with Gasteiger partial charge in [0.15, 0.2) is 5.96 Å². The lowest BCUT2D eigenvalue weighted by molar-refractivity contribution is 0.312. The van der Waals surface area contributed by atoms with E-state index in [1.807, 2.05) is 19.2 Å². The highest BCUT2D eigenvalue weighted by Gasteiger charge is 2.33. The van der Waals surface area contributed by atoms with Gasteiger partial charge in [0.05, 0.1) is 0 Å². The molecule has 1 aromatic rings.